The Morgan fingerprint density at radius 3 is 1.37 bits per heavy atom. The normalized spacial score (nSPS) is 14.6. The second-order valence-corrected chi connectivity index (χ2v) is 17.8. The monoisotopic (exact) mass is 552 g/mol. The number of hydrogen-bond acceptors (Lipinski definition) is 0. The minimum atomic E-state index is -2.67. The highest BCUT2D eigenvalue weighted by atomic mass is 35.5. The molecule has 0 aliphatic heterocycles. The zero-order valence-corrected chi connectivity index (χ0v) is 24.5. The lowest BCUT2D eigenvalue weighted by atomic mass is 10.1. The van der Waals surface area contributed by atoms with Gasteiger partial charge in [-0.05, 0) is 63.8 Å². The van der Waals surface area contributed by atoms with Crippen LogP contribution in [0.1, 0.15) is 65.4 Å². The average Bonchev–Trinajstić information content (AvgIpc) is 3.46. The molecule has 3 heteroatoms. The number of allylic oxidation sites excluding steroid dienone is 1. The molecule has 6 rings (SSSR count). The zero-order valence-electron chi connectivity index (χ0n) is 22.0. The molecule has 2 aliphatic rings. The summed E-state index contributed by atoms with van der Waals surface area (Å²) in [6, 6.07) is 35.8. The fourth-order valence-electron chi connectivity index (χ4n) is 7.27. The zero-order chi connectivity index (χ0) is 26.3. The highest BCUT2D eigenvalue weighted by molar-refractivity contribution is 6.98. The van der Waals surface area contributed by atoms with Crippen LogP contribution in [0.15, 0.2) is 110 Å². The van der Waals surface area contributed by atoms with E-state index in [9.17, 15) is 0 Å². The molecule has 0 saturated carbocycles. The molecule has 0 unspecified atom stereocenters. The van der Waals surface area contributed by atoms with E-state index < -0.39 is 12.0 Å². The fourth-order valence-corrected chi connectivity index (χ4v) is 14.3. The number of rotatable bonds is 9. The maximum Gasteiger partial charge on any atom is 0.117 e. The number of benzene rings is 4. The van der Waals surface area contributed by atoms with Crippen molar-refractivity contribution in [2.75, 3.05) is 0 Å². The van der Waals surface area contributed by atoms with Crippen LogP contribution in [0.3, 0.4) is 0 Å². The van der Waals surface area contributed by atoms with E-state index in [4.69, 9.17) is 23.2 Å². The Labute approximate surface area is 238 Å². The third kappa shape index (κ3) is 3.94. The summed E-state index contributed by atoms with van der Waals surface area (Å²) >= 11 is 15.6. The second kappa shape index (κ2) is 10.2. The van der Waals surface area contributed by atoms with E-state index in [2.05, 4.69) is 110 Å². The standard InChI is InChI=1S/C35H34Cl2Si/c1-3-4-5-6-15-24-35(36,37)38(2,33-29-20-11-7-16-25(29)26-17-8-12-21-30(26)33)34-31-22-13-9-18-27(31)28-19-10-14-23-32(28)34/h3,7-14,16-23,33-34H,1,4-6,15,24H2,2H3. The molecule has 0 nitrogen and oxygen atoms in total. The van der Waals surface area contributed by atoms with Crippen molar-refractivity contribution < 1.29 is 0 Å². The van der Waals surface area contributed by atoms with Crippen molar-refractivity contribution in [3.63, 3.8) is 0 Å². The topological polar surface area (TPSA) is 0 Å². The van der Waals surface area contributed by atoms with E-state index in [0.29, 0.717) is 0 Å². The molecule has 0 amide bonds. The van der Waals surface area contributed by atoms with E-state index in [1.54, 1.807) is 0 Å². The molecule has 0 radical (unpaired) electrons. The van der Waals surface area contributed by atoms with Gasteiger partial charge in [-0.2, -0.15) is 0 Å². The fraction of sp³-hybridized carbons (Fsp3) is 0.257. The quantitative estimate of drug-likeness (QED) is 0.0837. The summed E-state index contributed by atoms with van der Waals surface area (Å²) in [6.45, 7) is 6.39. The predicted octanol–water partition coefficient (Wildman–Crippen LogP) is 10.6. The molecular formula is C35H34Cl2Si. The summed E-state index contributed by atoms with van der Waals surface area (Å²) in [5, 5.41) is 0. The van der Waals surface area contributed by atoms with Crippen molar-refractivity contribution in [2.24, 2.45) is 0 Å². The Morgan fingerprint density at radius 1 is 0.632 bits per heavy atom. The van der Waals surface area contributed by atoms with Gasteiger partial charge >= 0.3 is 0 Å². The van der Waals surface area contributed by atoms with Gasteiger partial charge in [-0.25, -0.2) is 0 Å². The van der Waals surface area contributed by atoms with Gasteiger partial charge in [-0.3, -0.25) is 0 Å². The smallest absolute Gasteiger partial charge is 0.106 e. The largest absolute Gasteiger partial charge is 0.117 e. The van der Waals surface area contributed by atoms with Crippen LogP contribution in [0.4, 0.5) is 0 Å². The highest BCUT2D eigenvalue weighted by Gasteiger charge is 2.61. The number of fused-ring (bicyclic) bond motifs is 6. The van der Waals surface area contributed by atoms with Gasteiger partial charge < -0.3 is 0 Å². The van der Waals surface area contributed by atoms with Crippen LogP contribution in [0.5, 0.6) is 0 Å². The molecule has 2 aliphatic carbocycles. The Balaban J connectivity index is 1.57. The van der Waals surface area contributed by atoms with Crippen LogP contribution >= 0.6 is 23.2 Å². The van der Waals surface area contributed by atoms with Crippen LogP contribution in [0.25, 0.3) is 22.3 Å². The van der Waals surface area contributed by atoms with E-state index in [1.165, 1.54) is 44.5 Å². The van der Waals surface area contributed by atoms with E-state index in [-0.39, 0.29) is 11.1 Å². The number of unbranched alkanes of at least 4 members (excludes halogenated alkanes) is 3. The lowest BCUT2D eigenvalue weighted by Gasteiger charge is -2.48. The van der Waals surface area contributed by atoms with Gasteiger partial charge in [0, 0.05) is 11.1 Å². The van der Waals surface area contributed by atoms with Crippen LogP contribution in [0.2, 0.25) is 6.55 Å². The van der Waals surface area contributed by atoms with E-state index >= 15 is 0 Å². The Kier molecular flexibility index (Phi) is 6.89. The summed E-state index contributed by atoms with van der Waals surface area (Å²) in [5.41, 5.74) is 11.3. The summed E-state index contributed by atoms with van der Waals surface area (Å²) in [5.74, 6) is 0. The maximum atomic E-state index is 7.79. The molecule has 0 saturated heterocycles. The minimum absolute atomic E-state index is 0.197. The van der Waals surface area contributed by atoms with E-state index in [1.807, 2.05) is 6.08 Å². The van der Waals surface area contributed by atoms with Gasteiger partial charge in [-0.1, -0.05) is 123 Å². The molecular weight excluding hydrogens is 519 g/mol. The molecule has 4 aromatic carbocycles. The third-order valence-electron chi connectivity index (χ3n) is 9.05. The summed E-state index contributed by atoms with van der Waals surface area (Å²) in [6.07, 6.45) is 7.13. The summed E-state index contributed by atoms with van der Waals surface area (Å²) < 4.78 is -0.828. The highest BCUT2D eigenvalue weighted by Crippen LogP contribution is 2.62. The number of alkyl halides is 2. The third-order valence-corrected chi connectivity index (χ3v) is 17.3. The number of hydrogen-bond donors (Lipinski definition) is 0. The summed E-state index contributed by atoms with van der Waals surface area (Å²) in [4.78, 5) is 0. The van der Waals surface area contributed by atoms with Crippen molar-refractivity contribution in [2.45, 2.75) is 53.7 Å². The molecule has 38 heavy (non-hydrogen) atoms. The first-order chi connectivity index (χ1) is 18.5. The SMILES string of the molecule is C=CCCCCCC(Cl)(Cl)[Si](C)(C1c2ccccc2-c2ccccc21)C1c2ccccc2-c2ccccc21. The van der Waals surface area contributed by atoms with Crippen LogP contribution in [-0.4, -0.2) is 12.0 Å². The first kappa shape index (κ1) is 25.7. The minimum Gasteiger partial charge on any atom is -0.106 e. The van der Waals surface area contributed by atoms with Gasteiger partial charge in [0.2, 0.25) is 0 Å². The molecule has 0 aromatic heterocycles. The number of halogens is 2. The molecule has 192 valence electrons. The van der Waals surface area contributed by atoms with E-state index in [0.717, 1.165) is 32.1 Å². The second-order valence-electron chi connectivity index (χ2n) is 11.1. The molecule has 0 fully saturated rings. The van der Waals surface area contributed by atoms with Crippen LogP contribution in [0, 0.1) is 0 Å². The van der Waals surface area contributed by atoms with Gasteiger partial charge in [0.25, 0.3) is 0 Å². The van der Waals surface area contributed by atoms with Gasteiger partial charge in [0.15, 0.2) is 0 Å². The molecule has 0 bridgehead atoms. The predicted molar refractivity (Wildman–Crippen MR) is 167 cm³/mol. The van der Waals surface area contributed by atoms with Gasteiger partial charge in [0.1, 0.15) is 12.0 Å². The maximum absolute atomic E-state index is 7.79. The lowest BCUT2D eigenvalue weighted by Crippen LogP contribution is -2.58. The lowest BCUT2D eigenvalue weighted by molar-refractivity contribution is 0.641. The van der Waals surface area contributed by atoms with Crippen LogP contribution in [-0.2, 0) is 0 Å². The molecule has 4 aromatic rings. The Bertz CT molecular complexity index is 1300. The van der Waals surface area contributed by atoms with Gasteiger partial charge in [0.05, 0.1) is 0 Å². The Hall–Kier alpha value is -2.58. The first-order valence-electron chi connectivity index (χ1n) is 13.8. The van der Waals surface area contributed by atoms with Crippen LogP contribution < -0.4 is 0 Å². The summed E-state index contributed by atoms with van der Waals surface area (Å²) in [7, 11) is -2.67. The van der Waals surface area contributed by atoms with Crippen molar-refractivity contribution in [1.82, 2.24) is 0 Å². The van der Waals surface area contributed by atoms with Crippen molar-refractivity contribution in [3.05, 3.63) is 132 Å². The molecule has 0 spiro atoms. The molecule has 0 atom stereocenters. The average molecular weight is 554 g/mol. The first-order valence-corrected chi connectivity index (χ1v) is 17.3. The van der Waals surface area contributed by atoms with Gasteiger partial charge in [-0.15, -0.1) is 29.8 Å². The van der Waals surface area contributed by atoms with Crippen molar-refractivity contribution in [1.29, 1.82) is 0 Å². The van der Waals surface area contributed by atoms with Crippen molar-refractivity contribution in [3.8, 4) is 22.3 Å². The Morgan fingerprint density at radius 2 is 1.00 bits per heavy atom. The molecule has 0 N–H and O–H groups in total. The molecule has 0 heterocycles. The van der Waals surface area contributed by atoms with Crippen molar-refractivity contribution >= 4 is 31.3 Å².